The summed E-state index contributed by atoms with van der Waals surface area (Å²) in [4.78, 5) is 4.68. The molecule has 1 aliphatic rings. The number of rotatable bonds is 4. The molecule has 0 bridgehead atoms. The van der Waals surface area contributed by atoms with E-state index in [1.807, 2.05) is 24.3 Å². The van der Waals surface area contributed by atoms with Crippen molar-refractivity contribution in [1.29, 1.82) is 0 Å². The van der Waals surface area contributed by atoms with Crippen LogP contribution in [0.3, 0.4) is 0 Å². The molecule has 0 unspecified atom stereocenters. The molecule has 0 amide bonds. The minimum Gasteiger partial charge on any atom is -0.507 e. The second kappa shape index (κ2) is 7.84. The van der Waals surface area contributed by atoms with Gasteiger partial charge in [0.25, 0.3) is 0 Å². The Hall–Kier alpha value is -3.31. The molecule has 1 N–H and O–H groups in total. The molecule has 4 aromatic carbocycles. The summed E-state index contributed by atoms with van der Waals surface area (Å²) in [6.45, 7) is 0. The van der Waals surface area contributed by atoms with Crippen LogP contribution in [0, 0.1) is 0 Å². The molecule has 0 saturated carbocycles. The first-order valence-corrected chi connectivity index (χ1v) is 10.5. The van der Waals surface area contributed by atoms with Gasteiger partial charge in [-0.1, -0.05) is 46.3 Å². The lowest BCUT2D eigenvalue weighted by Crippen LogP contribution is -1.84. The number of aryl methyl sites for hydroxylation is 2. The maximum atomic E-state index is 10.3. The second-order valence-corrected chi connectivity index (χ2v) is 8.18. The number of azo groups is 1. The number of aliphatic imine (C=N–C) groups is 1. The molecule has 5 rings (SSSR count). The Bertz CT molecular complexity index is 1320. The molecule has 0 heterocycles. The fourth-order valence-electron chi connectivity index (χ4n) is 3.84. The van der Waals surface area contributed by atoms with Gasteiger partial charge in [-0.2, -0.15) is 10.2 Å². The lowest BCUT2D eigenvalue weighted by Gasteiger charge is -2.05. The quantitative estimate of drug-likeness (QED) is 0.250. The molecule has 0 radical (unpaired) electrons. The minimum atomic E-state index is 0.158. The molecule has 4 nitrogen and oxygen atoms in total. The molecule has 146 valence electrons. The van der Waals surface area contributed by atoms with Crippen LogP contribution in [0.4, 0.5) is 17.1 Å². The topological polar surface area (TPSA) is 57.3 Å². The number of hydrogen-bond acceptors (Lipinski definition) is 4. The van der Waals surface area contributed by atoms with Crippen molar-refractivity contribution >= 4 is 50.0 Å². The van der Waals surface area contributed by atoms with Crippen molar-refractivity contribution in [3.05, 3.63) is 94.0 Å². The number of halogens is 1. The van der Waals surface area contributed by atoms with E-state index in [-0.39, 0.29) is 5.75 Å². The zero-order chi connectivity index (χ0) is 20.5. The molecule has 0 saturated heterocycles. The van der Waals surface area contributed by atoms with E-state index in [0.717, 1.165) is 34.1 Å². The summed E-state index contributed by atoms with van der Waals surface area (Å²) in [6.07, 6.45) is 3.86. The highest BCUT2D eigenvalue weighted by molar-refractivity contribution is 9.10. The summed E-state index contributed by atoms with van der Waals surface area (Å²) in [5.41, 5.74) is 5.67. The first-order chi connectivity index (χ1) is 14.7. The van der Waals surface area contributed by atoms with Crippen molar-refractivity contribution in [2.75, 3.05) is 0 Å². The van der Waals surface area contributed by atoms with Gasteiger partial charge in [0.05, 0.1) is 17.1 Å². The molecular formula is C25H18BrN3O. The second-order valence-electron chi connectivity index (χ2n) is 7.26. The molecule has 5 heteroatoms. The maximum absolute atomic E-state index is 10.3. The van der Waals surface area contributed by atoms with Crippen molar-refractivity contribution in [3.63, 3.8) is 0 Å². The predicted octanol–water partition coefficient (Wildman–Crippen LogP) is 7.57. The van der Waals surface area contributed by atoms with Gasteiger partial charge >= 0.3 is 0 Å². The van der Waals surface area contributed by atoms with Crippen molar-refractivity contribution in [3.8, 4) is 5.75 Å². The zero-order valence-corrected chi connectivity index (χ0v) is 17.7. The van der Waals surface area contributed by atoms with E-state index in [9.17, 15) is 5.11 Å². The van der Waals surface area contributed by atoms with Gasteiger partial charge in [-0.25, -0.2) is 0 Å². The first-order valence-electron chi connectivity index (χ1n) is 9.75. The van der Waals surface area contributed by atoms with E-state index in [0.29, 0.717) is 11.3 Å². The van der Waals surface area contributed by atoms with E-state index in [1.54, 1.807) is 24.4 Å². The van der Waals surface area contributed by atoms with E-state index in [2.05, 4.69) is 61.5 Å². The summed E-state index contributed by atoms with van der Waals surface area (Å²) in [7, 11) is 0. The van der Waals surface area contributed by atoms with Crippen molar-refractivity contribution in [2.24, 2.45) is 15.2 Å². The first kappa shape index (κ1) is 18.7. The van der Waals surface area contributed by atoms with Crippen molar-refractivity contribution in [1.82, 2.24) is 0 Å². The van der Waals surface area contributed by atoms with Crippen LogP contribution >= 0.6 is 15.9 Å². The SMILES string of the molecule is Oc1ccc(N=Nc2cccc(Br)c2)cc1C=Nc1ccc2c3c(cccc13)CC2. The highest BCUT2D eigenvalue weighted by atomic mass is 79.9. The van der Waals surface area contributed by atoms with Gasteiger partial charge in [-0.3, -0.25) is 4.99 Å². The van der Waals surface area contributed by atoms with Gasteiger partial charge in [0.1, 0.15) is 5.75 Å². The molecule has 0 atom stereocenters. The molecule has 1 aliphatic carbocycles. The number of nitrogens with zero attached hydrogens (tertiary/aromatic N) is 3. The fraction of sp³-hybridized carbons (Fsp3) is 0.0800. The Morgan fingerprint density at radius 3 is 2.40 bits per heavy atom. The van der Waals surface area contributed by atoms with Gasteiger partial charge in [0.2, 0.25) is 0 Å². The van der Waals surface area contributed by atoms with Crippen LogP contribution in [-0.4, -0.2) is 11.3 Å². The molecule has 0 fully saturated rings. The third-order valence-corrected chi connectivity index (χ3v) is 5.79. The Morgan fingerprint density at radius 2 is 1.57 bits per heavy atom. The Balaban J connectivity index is 1.46. The molecular weight excluding hydrogens is 438 g/mol. The average Bonchev–Trinajstić information content (AvgIpc) is 3.18. The van der Waals surface area contributed by atoms with Crippen LogP contribution in [0.5, 0.6) is 5.75 Å². The normalized spacial score (nSPS) is 13.1. The molecule has 0 aliphatic heterocycles. The van der Waals surface area contributed by atoms with Crippen LogP contribution in [0.1, 0.15) is 16.7 Å². The van der Waals surface area contributed by atoms with Crippen LogP contribution in [0.2, 0.25) is 0 Å². The fourth-order valence-corrected chi connectivity index (χ4v) is 4.23. The standard InChI is InChI=1S/C25H18BrN3O/c26-19-4-2-5-20(14-19)28-29-21-10-12-24(30)18(13-21)15-27-23-11-9-17-8-7-16-3-1-6-22(23)25(16)17/h1-6,9-15,30H,7-8H2. The monoisotopic (exact) mass is 455 g/mol. The Morgan fingerprint density at radius 1 is 0.800 bits per heavy atom. The predicted molar refractivity (Wildman–Crippen MR) is 125 cm³/mol. The molecule has 4 aromatic rings. The third-order valence-electron chi connectivity index (χ3n) is 5.30. The highest BCUT2D eigenvalue weighted by Crippen LogP contribution is 2.36. The van der Waals surface area contributed by atoms with Gasteiger partial charge in [-0.05, 0) is 71.8 Å². The zero-order valence-electron chi connectivity index (χ0n) is 16.1. The summed E-state index contributed by atoms with van der Waals surface area (Å²) in [6, 6.07) is 23.4. The number of hydrogen-bond donors (Lipinski definition) is 1. The maximum Gasteiger partial charge on any atom is 0.124 e. The Labute approximate surface area is 182 Å². The summed E-state index contributed by atoms with van der Waals surface area (Å²) >= 11 is 3.43. The molecule has 0 spiro atoms. The van der Waals surface area contributed by atoms with Gasteiger partial charge in [-0.15, -0.1) is 0 Å². The van der Waals surface area contributed by atoms with Crippen LogP contribution in [0.15, 0.2) is 92.5 Å². The largest absolute Gasteiger partial charge is 0.507 e. The van der Waals surface area contributed by atoms with E-state index >= 15 is 0 Å². The summed E-state index contributed by atoms with van der Waals surface area (Å²) < 4.78 is 0.947. The average molecular weight is 456 g/mol. The van der Waals surface area contributed by atoms with Crippen LogP contribution in [-0.2, 0) is 12.8 Å². The van der Waals surface area contributed by atoms with Crippen molar-refractivity contribution < 1.29 is 5.11 Å². The number of aromatic hydroxyl groups is 1. The Kier molecular flexibility index (Phi) is 4.89. The smallest absolute Gasteiger partial charge is 0.124 e. The van der Waals surface area contributed by atoms with Gasteiger partial charge in [0, 0.05) is 21.6 Å². The van der Waals surface area contributed by atoms with Crippen LogP contribution < -0.4 is 0 Å². The van der Waals surface area contributed by atoms with E-state index in [1.165, 1.54) is 16.5 Å². The minimum absolute atomic E-state index is 0.158. The summed E-state index contributed by atoms with van der Waals surface area (Å²) in [5, 5.41) is 21.3. The number of benzene rings is 4. The highest BCUT2D eigenvalue weighted by Gasteiger charge is 2.15. The van der Waals surface area contributed by atoms with E-state index < -0.39 is 0 Å². The number of phenols is 1. The van der Waals surface area contributed by atoms with E-state index in [4.69, 9.17) is 0 Å². The van der Waals surface area contributed by atoms with Crippen LogP contribution in [0.25, 0.3) is 10.8 Å². The number of phenolic OH excluding ortho intramolecular Hbond substituents is 1. The van der Waals surface area contributed by atoms with Gasteiger partial charge in [0.15, 0.2) is 0 Å². The lowest BCUT2D eigenvalue weighted by atomic mass is 10.0. The summed E-state index contributed by atoms with van der Waals surface area (Å²) in [5.74, 6) is 0.158. The lowest BCUT2D eigenvalue weighted by molar-refractivity contribution is 0.474. The van der Waals surface area contributed by atoms with Crippen molar-refractivity contribution in [2.45, 2.75) is 12.8 Å². The third kappa shape index (κ3) is 3.64. The molecule has 0 aromatic heterocycles. The van der Waals surface area contributed by atoms with Gasteiger partial charge < -0.3 is 5.11 Å². The molecule has 30 heavy (non-hydrogen) atoms.